The van der Waals surface area contributed by atoms with Gasteiger partial charge in [0.15, 0.2) is 0 Å². The SMILES string of the molecule is N#Cc1cccc(C(=O)N2CCC(CCC(=O)O)C2)c1. The zero-order valence-electron chi connectivity index (χ0n) is 11.1. The smallest absolute Gasteiger partial charge is 0.303 e. The molecule has 20 heavy (non-hydrogen) atoms. The van der Waals surface area contributed by atoms with Crippen molar-refractivity contribution in [3.8, 4) is 6.07 Å². The van der Waals surface area contributed by atoms with Crippen molar-refractivity contribution in [3.05, 3.63) is 35.4 Å². The lowest BCUT2D eigenvalue weighted by molar-refractivity contribution is -0.137. The Bertz CT molecular complexity index is 562. The summed E-state index contributed by atoms with van der Waals surface area (Å²) in [5.74, 6) is -0.620. The Kier molecular flexibility index (Phi) is 4.36. The van der Waals surface area contributed by atoms with E-state index < -0.39 is 5.97 Å². The number of carbonyl (C=O) groups is 2. The molecule has 1 amide bonds. The van der Waals surface area contributed by atoms with E-state index in [1.165, 1.54) is 0 Å². The minimum Gasteiger partial charge on any atom is -0.481 e. The highest BCUT2D eigenvalue weighted by Gasteiger charge is 2.27. The molecule has 5 heteroatoms. The zero-order valence-corrected chi connectivity index (χ0v) is 11.1. The highest BCUT2D eigenvalue weighted by molar-refractivity contribution is 5.94. The molecule has 1 aromatic rings. The molecule has 1 atom stereocenters. The van der Waals surface area contributed by atoms with Gasteiger partial charge in [0.2, 0.25) is 0 Å². The molecule has 5 nitrogen and oxygen atoms in total. The van der Waals surface area contributed by atoms with Gasteiger partial charge in [-0.15, -0.1) is 0 Å². The number of amides is 1. The summed E-state index contributed by atoms with van der Waals surface area (Å²) in [5.41, 5.74) is 0.986. The van der Waals surface area contributed by atoms with Crippen molar-refractivity contribution in [2.45, 2.75) is 19.3 Å². The van der Waals surface area contributed by atoms with Gasteiger partial charge in [-0.2, -0.15) is 5.26 Å². The average molecular weight is 272 g/mol. The number of nitrogens with zero attached hydrogens (tertiary/aromatic N) is 2. The number of hydrogen-bond donors (Lipinski definition) is 1. The first-order chi connectivity index (χ1) is 9.60. The zero-order chi connectivity index (χ0) is 14.5. The van der Waals surface area contributed by atoms with Gasteiger partial charge in [-0.05, 0) is 37.0 Å². The number of rotatable bonds is 4. The maximum Gasteiger partial charge on any atom is 0.303 e. The topological polar surface area (TPSA) is 81.4 Å². The van der Waals surface area contributed by atoms with Crippen LogP contribution >= 0.6 is 0 Å². The number of hydrogen-bond acceptors (Lipinski definition) is 3. The molecule has 0 aromatic heterocycles. The number of carbonyl (C=O) groups excluding carboxylic acids is 1. The van der Waals surface area contributed by atoms with Crippen molar-refractivity contribution < 1.29 is 14.7 Å². The fraction of sp³-hybridized carbons (Fsp3) is 0.400. The fourth-order valence-corrected chi connectivity index (χ4v) is 2.48. The molecule has 1 aromatic carbocycles. The van der Waals surface area contributed by atoms with Crippen molar-refractivity contribution in [1.82, 2.24) is 4.90 Å². The molecule has 0 bridgehead atoms. The largest absolute Gasteiger partial charge is 0.481 e. The van der Waals surface area contributed by atoms with Crippen LogP contribution in [0.25, 0.3) is 0 Å². The summed E-state index contributed by atoms with van der Waals surface area (Å²) in [7, 11) is 0. The average Bonchev–Trinajstić information content (AvgIpc) is 2.93. The molecule has 0 aliphatic carbocycles. The number of likely N-dealkylation sites (tertiary alicyclic amines) is 1. The minimum absolute atomic E-state index is 0.0834. The standard InChI is InChI=1S/C15H16N2O3/c16-9-12-2-1-3-13(8-12)15(20)17-7-6-11(10-17)4-5-14(18)19/h1-3,8,11H,4-7,10H2,(H,18,19). The molecule has 0 spiro atoms. The van der Waals surface area contributed by atoms with E-state index in [-0.39, 0.29) is 18.2 Å². The van der Waals surface area contributed by atoms with Crippen LogP contribution in [0.4, 0.5) is 0 Å². The lowest BCUT2D eigenvalue weighted by Crippen LogP contribution is -2.28. The molecule has 2 rings (SSSR count). The molecule has 1 N–H and O–H groups in total. The van der Waals surface area contributed by atoms with Crippen molar-refractivity contribution in [2.24, 2.45) is 5.92 Å². The molecule has 1 aliphatic heterocycles. The summed E-state index contributed by atoms with van der Waals surface area (Å²) < 4.78 is 0. The first kappa shape index (κ1) is 14.1. The molecule has 1 saturated heterocycles. The molecular formula is C15H16N2O3. The van der Waals surface area contributed by atoms with Crippen LogP contribution < -0.4 is 0 Å². The number of benzene rings is 1. The highest BCUT2D eigenvalue weighted by atomic mass is 16.4. The van der Waals surface area contributed by atoms with Crippen LogP contribution in [0.15, 0.2) is 24.3 Å². The molecule has 1 unspecified atom stereocenters. The normalized spacial score (nSPS) is 17.8. The van der Waals surface area contributed by atoms with E-state index in [2.05, 4.69) is 0 Å². The summed E-state index contributed by atoms with van der Waals surface area (Å²) in [4.78, 5) is 24.6. The Labute approximate surface area is 117 Å². The van der Waals surface area contributed by atoms with E-state index in [0.717, 1.165) is 6.42 Å². The van der Waals surface area contributed by atoms with Crippen LogP contribution in [0.1, 0.15) is 35.2 Å². The van der Waals surface area contributed by atoms with Gasteiger partial charge in [-0.25, -0.2) is 0 Å². The Balaban J connectivity index is 1.97. The van der Waals surface area contributed by atoms with Crippen LogP contribution in [-0.2, 0) is 4.79 Å². The van der Waals surface area contributed by atoms with E-state index in [9.17, 15) is 9.59 Å². The predicted octanol–water partition coefficient (Wildman–Crippen LogP) is 1.89. The van der Waals surface area contributed by atoms with E-state index in [1.54, 1.807) is 29.2 Å². The quantitative estimate of drug-likeness (QED) is 0.907. The number of aliphatic carboxylic acids is 1. The van der Waals surface area contributed by atoms with Crippen molar-refractivity contribution >= 4 is 11.9 Å². The van der Waals surface area contributed by atoms with Gasteiger partial charge < -0.3 is 10.0 Å². The van der Waals surface area contributed by atoms with Gasteiger partial charge in [0.05, 0.1) is 11.6 Å². The van der Waals surface area contributed by atoms with Crippen LogP contribution in [0, 0.1) is 17.2 Å². The third kappa shape index (κ3) is 3.35. The van der Waals surface area contributed by atoms with Gasteiger partial charge in [0.25, 0.3) is 5.91 Å². The van der Waals surface area contributed by atoms with Gasteiger partial charge in [0, 0.05) is 25.1 Å². The summed E-state index contributed by atoms with van der Waals surface area (Å²) >= 11 is 0. The third-order valence-electron chi connectivity index (χ3n) is 3.58. The number of carboxylic acids is 1. The van der Waals surface area contributed by atoms with Crippen LogP contribution in [0.5, 0.6) is 0 Å². The van der Waals surface area contributed by atoms with E-state index in [0.29, 0.717) is 30.6 Å². The van der Waals surface area contributed by atoms with E-state index >= 15 is 0 Å². The van der Waals surface area contributed by atoms with Crippen LogP contribution in [-0.4, -0.2) is 35.0 Å². The molecule has 0 saturated carbocycles. The summed E-state index contributed by atoms with van der Waals surface area (Å²) in [6.45, 7) is 1.25. The van der Waals surface area contributed by atoms with E-state index in [4.69, 9.17) is 10.4 Å². The lowest BCUT2D eigenvalue weighted by Gasteiger charge is -2.16. The van der Waals surface area contributed by atoms with Crippen molar-refractivity contribution in [1.29, 1.82) is 5.26 Å². The Morgan fingerprint density at radius 3 is 2.95 bits per heavy atom. The van der Waals surface area contributed by atoms with Crippen molar-refractivity contribution in [2.75, 3.05) is 13.1 Å². The second-order valence-electron chi connectivity index (χ2n) is 5.03. The summed E-state index contributed by atoms with van der Waals surface area (Å²) in [5, 5.41) is 17.5. The van der Waals surface area contributed by atoms with Gasteiger partial charge in [-0.3, -0.25) is 9.59 Å². The van der Waals surface area contributed by atoms with Gasteiger partial charge >= 0.3 is 5.97 Å². The first-order valence-corrected chi connectivity index (χ1v) is 6.61. The van der Waals surface area contributed by atoms with Crippen LogP contribution in [0.2, 0.25) is 0 Å². The Morgan fingerprint density at radius 1 is 1.45 bits per heavy atom. The lowest BCUT2D eigenvalue weighted by atomic mass is 10.0. The molecule has 0 radical (unpaired) electrons. The predicted molar refractivity (Wildman–Crippen MR) is 72.0 cm³/mol. The fourth-order valence-electron chi connectivity index (χ4n) is 2.48. The van der Waals surface area contributed by atoms with Crippen LogP contribution in [0.3, 0.4) is 0 Å². The third-order valence-corrected chi connectivity index (χ3v) is 3.58. The second kappa shape index (κ2) is 6.20. The molecule has 104 valence electrons. The summed E-state index contributed by atoms with van der Waals surface area (Å²) in [6, 6.07) is 8.67. The van der Waals surface area contributed by atoms with E-state index in [1.807, 2.05) is 6.07 Å². The Morgan fingerprint density at radius 2 is 2.25 bits per heavy atom. The van der Waals surface area contributed by atoms with Gasteiger partial charge in [-0.1, -0.05) is 6.07 Å². The molecular weight excluding hydrogens is 256 g/mol. The second-order valence-corrected chi connectivity index (χ2v) is 5.03. The number of carboxylic acid groups (broad SMARTS) is 1. The number of nitriles is 1. The highest BCUT2D eigenvalue weighted by Crippen LogP contribution is 2.22. The van der Waals surface area contributed by atoms with Gasteiger partial charge in [0.1, 0.15) is 0 Å². The maximum absolute atomic E-state index is 12.3. The maximum atomic E-state index is 12.3. The Hall–Kier alpha value is -2.35. The first-order valence-electron chi connectivity index (χ1n) is 6.61. The van der Waals surface area contributed by atoms with Crippen molar-refractivity contribution in [3.63, 3.8) is 0 Å². The molecule has 1 fully saturated rings. The monoisotopic (exact) mass is 272 g/mol. The summed E-state index contributed by atoms with van der Waals surface area (Å²) in [6.07, 6.45) is 1.60. The molecule has 1 aliphatic rings. The molecule has 1 heterocycles. The minimum atomic E-state index is -0.795.